The third-order valence-electron chi connectivity index (χ3n) is 5.12. The number of hydrogen-bond donors (Lipinski definition) is 0. The van der Waals surface area contributed by atoms with E-state index in [1.165, 1.54) is 19.3 Å². The molecule has 0 aromatic heterocycles. The number of carbonyl (C=O) groups is 1. The number of fused-ring (bicyclic) bond motifs is 2. The molecule has 0 N–H and O–H groups in total. The molecule has 2 bridgehead atoms. The van der Waals surface area contributed by atoms with Crippen LogP contribution in [0.2, 0.25) is 0 Å². The summed E-state index contributed by atoms with van der Waals surface area (Å²) in [4.78, 5) is 12.0. The summed E-state index contributed by atoms with van der Waals surface area (Å²) in [6.07, 6.45) is 5.06. The van der Waals surface area contributed by atoms with E-state index in [0.29, 0.717) is 19.1 Å². The molecule has 0 aromatic carbocycles. The lowest BCUT2D eigenvalue weighted by molar-refractivity contribution is -0.157. The Hall–Kier alpha value is -0.570. The van der Waals surface area contributed by atoms with Gasteiger partial charge in [0.25, 0.3) is 0 Å². The lowest BCUT2D eigenvalue weighted by Gasteiger charge is -2.37. The molecule has 1 heterocycles. The SMILES string of the molecule is CCOC(=O)C1(C2(C)CC3CCC2C3)CO1. The molecule has 90 valence electrons. The highest BCUT2D eigenvalue weighted by Gasteiger charge is 2.71. The molecular weight excluding hydrogens is 204 g/mol. The Morgan fingerprint density at radius 1 is 1.50 bits per heavy atom. The zero-order chi connectivity index (χ0) is 11.4. The first kappa shape index (κ1) is 10.6. The van der Waals surface area contributed by atoms with E-state index < -0.39 is 5.60 Å². The zero-order valence-electron chi connectivity index (χ0n) is 10.1. The van der Waals surface area contributed by atoms with Crippen LogP contribution in [-0.2, 0) is 14.3 Å². The van der Waals surface area contributed by atoms with Gasteiger partial charge in [-0.25, -0.2) is 4.79 Å². The Bertz CT molecular complexity index is 321. The summed E-state index contributed by atoms with van der Waals surface area (Å²) in [7, 11) is 0. The van der Waals surface area contributed by atoms with E-state index in [9.17, 15) is 4.79 Å². The average Bonchev–Trinajstić information content (AvgIpc) is 2.87. The van der Waals surface area contributed by atoms with Crippen LogP contribution in [-0.4, -0.2) is 24.8 Å². The lowest BCUT2D eigenvalue weighted by atomic mass is 9.66. The number of epoxide rings is 1. The van der Waals surface area contributed by atoms with Crippen LogP contribution in [0.25, 0.3) is 0 Å². The maximum absolute atomic E-state index is 12.0. The summed E-state index contributed by atoms with van der Waals surface area (Å²) < 4.78 is 10.8. The van der Waals surface area contributed by atoms with Crippen LogP contribution in [0.3, 0.4) is 0 Å². The summed E-state index contributed by atoms with van der Waals surface area (Å²) >= 11 is 0. The molecule has 16 heavy (non-hydrogen) atoms. The van der Waals surface area contributed by atoms with E-state index in [2.05, 4.69) is 6.92 Å². The Morgan fingerprint density at radius 2 is 2.25 bits per heavy atom. The fourth-order valence-electron chi connectivity index (χ4n) is 4.10. The molecule has 0 spiro atoms. The number of esters is 1. The van der Waals surface area contributed by atoms with Crippen molar-refractivity contribution in [3.8, 4) is 0 Å². The first-order valence-corrected chi connectivity index (χ1v) is 6.43. The van der Waals surface area contributed by atoms with Crippen LogP contribution >= 0.6 is 0 Å². The molecule has 0 aromatic rings. The molecule has 3 heteroatoms. The van der Waals surface area contributed by atoms with Gasteiger partial charge in [0.15, 0.2) is 5.60 Å². The summed E-state index contributed by atoms with van der Waals surface area (Å²) in [5.74, 6) is 1.37. The van der Waals surface area contributed by atoms with Crippen LogP contribution in [0.4, 0.5) is 0 Å². The minimum atomic E-state index is -0.581. The summed E-state index contributed by atoms with van der Waals surface area (Å²) in [5, 5.41) is 0. The van der Waals surface area contributed by atoms with Gasteiger partial charge >= 0.3 is 5.97 Å². The van der Waals surface area contributed by atoms with E-state index in [1.807, 2.05) is 6.92 Å². The van der Waals surface area contributed by atoms with Crippen molar-refractivity contribution < 1.29 is 14.3 Å². The van der Waals surface area contributed by atoms with Crippen molar-refractivity contribution in [3.05, 3.63) is 0 Å². The normalized spacial score (nSPS) is 49.4. The van der Waals surface area contributed by atoms with Gasteiger partial charge in [0.1, 0.15) is 0 Å². The molecule has 3 nitrogen and oxygen atoms in total. The maximum Gasteiger partial charge on any atom is 0.341 e. The van der Waals surface area contributed by atoms with Gasteiger partial charge < -0.3 is 9.47 Å². The molecule has 1 aliphatic heterocycles. The molecule has 4 atom stereocenters. The Kier molecular flexibility index (Phi) is 2.13. The van der Waals surface area contributed by atoms with Gasteiger partial charge in [-0.05, 0) is 38.0 Å². The van der Waals surface area contributed by atoms with Crippen LogP contribution in [0.1, 0.15) is 39.5 Å². The molecule has 3 aliphatic rings. The van der Waals surface area contributed by atoms with Crippen molar-refractivity contribution in [1.29, 1.82) is 0 Å². The Balaban J connectivity index is 1.84. The van der Waals surface area contributed by atoms with Gasteiger partial charge in [0.05, 0.1) is 13.2 Å². The minimum absolute atomic E-state index is 0.0438. The van der Waals surface area contributed by atoms with Crippen LogP contribution in [0.5, 0.6) is 0 Å². The van der Waals surface area contributed by atoms with E-state index in [4.69, 9.17) is 9.47 Å². The second-order valence-corrected chi connectivity index (χ2v) is 5.83. The van der Waals surface area contributed by atoms with Gasteiger partial charge in [-0.3, -0.25) is 0 Å². The summed E-state index contributed by atoms with van der Waals surface area (Å²) in [5.41, 5.74) is -0.537. The van der Waals surface area contributed by atoms with Crippen molar-refractivity contribution in [2.24, 2.45) is 17.3 Å². The highest BCUT2D eigenvalue weighted by atomic mass is 16.6. The molecule has 0 amide bonds. The van der Waals surface area contributed by atoms with Gasteiger partial charge in [0.2, 0.25) is 0 Å². The second-order valence-electron chi connectivity index (χ2n) is 5.83. The molecule has 3 rings (SSSR count). The monoisotopic (exact) mass is 224 g/mol. The molecule has 3 fully saturated rings. The van der Waals surface area contributed by atoms with Crippen LogP contribution in [0, 0.1) is 17.3 Å². The number of ether oxygens (including phenoxy) is 2. The lowest BCUT2D eigenvalue weighted by Crippen LogP contribution is -2.47. The van der Waals surface area contributed by atoms with E-state index in [1.54, 1.807) is 0 Å². The quantitative estimate of drug-likeness (QED) is 0.544. The van der Waals surface area contributed by atoms with Crippen molar-refractivity contribution >= 4 is 5.97 Å². The smallest absolute Gasteiger partial charge is 0.341 e. The Labute approximate surface area is 96.5 Å². The third kappa shape index (κ3) is 1.15. The van der Waals surface area contributed by atoms with E-state index in [0.717, 1.165) is 12.3 Å². The molecular formula is C13H20O3. The van der Waals surface area contributed by atoms with Gasteiger partial charge in [0, 0.05) is 5.41 Å². The first-order valence-electron chi connectivity index (χ1n) is 6.43. The first-order chi connectivity index (χ1) is 7.62. The minimum Gasteiger partial charge on any atom is -0.464 e. The molecule has 2 aliphatic carbocycles. The summed E-state index contributed by atoms with van der Waals surface area (Å²) in [6.45, 7) is 5.12. The molecule has 0 radical (unpaired) electrons. The largest absolute Gasteiger partial charge is 0.464 e. The third-order valence-corrected chi connectivity index (χ3v) is 5.12. The van der Waals surface area contributed by atoms with Crippen LogP contribution in [0.15, 0.2) is 0 Å². The second kappa shape index (κ2) is 3.22. The fraction of sp³-hybridized carbons (Fsp3) is 0.923. The zero-order valence-corrected chi connectivity index (χ0v) is 10.1. The fourth-order valence-corrected chi connectivity index (χ4v) is 4.10. The highest BCUT2D eigenvalue weighted by molar-refractivity contribution is 5.84. The highest BCUT2D eigenvalue weighted by Crippen LogP contribution is 2.64. The van der Waals surface area contributed by atoms with Gasteiger partial charge in [-0.15, -0.1) is 0 Å². The van der Waals surface area contributed by atoms with Crippen molar-refractivity contribution in [3.63, 3.8) is 0 Å². The molecule has 4 unspecified atom stereocenters. The van der Waals surface area contributed by atoms with Crippen LogP contribution < -0.4 is 0 Å². The van der Waals surface area contributed by atoms with Crippen molar-refractivity contribution in [1.82, 2.24) is 0 Å². The van der Waals surface area contributed by atoms with E-state index >= 15 is 0 Å². The molecule has 2 saturated carbocycles. The number of hydrogen-bond acceptors (Lipinski definition) is 3. The predicted octanol–water partition coefficient (Wildman–Crippen LogP) is 2.14. The molecule has 1 saturated heterocycles. The van der Waals surface area contributed by atoms with Gasteiger partial charge in [-0.2, -0.15) is 0 Å². The predicted molar refractivity (Wildman–Crippen MR) is 58.9 cm³/mol. The standard InChI is InChI=1S/C13H20O3/c1-3-15-11(14)13(8-16-13)12(2)7-9-4-5-10(12)6-9/h9-10H,3-8H2,1-2H3. The average molecular weight is 224 g/mol. The number of rotatable bonds is 3. The summed E-state index contributed by atoms with van der Waals surface area (Å²) in [6, 6.07) is 0. The Morgan fingerprint density at radius 3 is 2.69 bits per heavy atom. The van der Waals surface area contributed by atoms with Crippen molar-refractivity contribution in [2.75, 3.05) is 13.2 Å². The van der Waals surface area contributed by atoms with Gasteiger partial charge in [-0.1, -0.05) is 13.3 Å². The maximum atomic E-state index is 12.0. The van der Waals surface area contributed by atoms with Crippen molar-refractivity contribution in [2.45, 2.75) is 45.1 Å². The topological polar surface area (TPSA) is 38.8 Å². The van der Waals surface area contributed by atoms with E-state index in [-0.39, 0.29) is 11.4 Å². The number of carbonyl (C=O) groups excluding carboxylic acids is 1.